The SMILES string of the molecule is COc1cc(-c2coc3nc(N)[nH]c(=O)c23)cc(OC)c1OC. The molecule has 8 nitrogen and oxygen atoms in total. The Bertz CT molecular complexity index is 903. The zero-order valence-electron chi connectivity index (χ0n) is 12.8. The van der Waals surface area contributed by atoms with Gasteiger partial charge in [0, 0.05) is 5.56 Å². The van der Waals surface area contributed by atoms with Crippen molar-refractivity contribution in [1.82, 2.24) is 9.97 Å². The van der Waals surface area contributed by atoms with E-state index in [-0.39, 0.29) is 17.2 Å². The van der Waals surface area contributed by atoms with Crippen LogP contribution < -0.4 is 25.5 Å². The number of nitrogens with one attached hydrogen (secondary N) is 1. The summed E-state index contributed by atoms with van der Waals surface area (Å²) in [7, 11) is 4.55. The Balaban J connectivity index is 2.29. The summed E-state index contributed by atoms with van der Waals surface area (Å²) in [5.41, 5.74) is 6.51. The van der Waals surface area contributed by atoms with E-state index in [2.05, 4.69) is 9.97 Å². The van der Waals surface area contributed by atoms with E-state index in [1.54, 1.807) is 12.1 Å². The van der Waals surface area contributed by atoms with Crippen LogP contribution in [-0.2, 0) is 0 Å². The van der Waals surface area contributed by atoms with Gasteiger partial charge in [-0.1, -0.05) is 0 Å². The van der Waals surface area contributed by atoms with Gasteiger partial charge in [-0.25, -0.2) is 0 Å². The topological polar surface area (TPSA) is 113 Å². The lowest BCUT2D eigenvalue weighted by molar-refractivity contribution is 0.324. The summed E-state index contributed by atoms with van der Waals surface area (Å²) >= 11 is 0. The molecule has 0 fully saturated rings. The first kappa shape index (κ1) is 14.8. The average Bonchev–Trinajstić information content (AvgIpc) is 2.97. The molecule has 3 rings (SSSR count). The molecule has 3 N–H and O–H groups in total. The fourth-order valence-corrected chi connectivity index (χ4v) is 2.41. The number of anilines is 1. The third-order valence-electron chi connectivity index (χ3n) is 3.44. The van der Waals surface area contributed by atoms with Crippen LogP contribution in [0.1, 0.15) is 0 Å². The zero-order chi connectivity index (χ0) is 16.6. The van der Waals surface area contributed by atoms with Crippen LogP contribution in [0.25, 0.3) is 22.2 Å². The van der Waals surface area contributed by atoms with E-state index in [1.807, 2.05) is 0 Å². The van der Waals surface area contributed by atoms with E-state index in [4.69, 9.17) is 24.4 Å². The smallest absolute Gasteiger partial charge is 0.264 e. The van der Waals surface area contributed by atoms with Crippen molar-refractivity contribution in [2.24, 2.45) is 0 Å². The predicted molar refractivity (Wildman–Crippen MR) is 84.1 cm³/mol. The van der Waals surface area contributed by atoms with Gasteiger partial charge in [0.2, 0.25) is 17.4 Å². The van der Waals surface area contributed by atoms with Crippen LogP contribution in [-0.4, -0.2) is 31.3 Å². The predicted octanol–water partition coefficient (Wildman–Crippen LogP) is 1.79. The molecule has 0 saturated heterocycles. The van der Waals surface area contributed by atoms with Crippen molar-refractivity contribution >= 4 is 17.0 Å². The first-order chi connectivity index (χ1) is 11.1. The van der Waals surface area contributed by atoms with Crippen LogP contribution in [0.15, 0.2) is 27.6 Å². The standard InChI is InChI=1S/C15H15N3O5/c1-20-9-4-7(5-10(21-2)12(9)22-3)8-6-23-14-11(8)13(19)17-15(16)18-14/h4-6H,1-3H3,(H3,16,17,18,19). The number of aromatic amines is 1. The van der Waals surface area contributed by atoms with Crippen LogP contribution in [0.4, 0.5) is 5.95 Å². The number of hydrogen-bond donors (Lipinski definition) is 2. The van der Waals surface area contributed by atoms with E-state index < -0.39 is 0 Å². The maximum Gasteiger partial charge on any atom is 0.264 e. The van der Waals surface area contributed by atoms with Gasteiger partial charge in [-0.3, -0.25) is 9.78 Å². The molecule has 0 bridgehead atoms. The zero-order valence-corrected chi connectivity index (χ0v) is 12.8. The van der Waals surface area contributed by atoms with Crippen LogP contribution >= 0.6 is 0 Å². The number of ether oxygens (including phenoxy) is 3. The van der Waals surface area contributed by atoms with E-state index >= 15 is 0 Å². The third-order valence-corrected chi connectivity index (χ3v) is 3.44. The number of nitrogen functional groups attached to an aromatic ring is 1. The van der Waals surface area contributed by atoms with Crippen LogP contribution in [0.5, 0.6) is 17.2 Å². The molecule has 23 heavy (non-hydrogen) atoms. The van der Waals surface area contributed by atoms with E-state index in [0.717, 1.165) is 0 Å². The normalized spacial score (nSPS) is 10.7. The van der Waals surface area contributed by atoms with Crippen molar-refractivity contribution in [3.63, 3.8) is 0 Å². The van der Waals surface area contributed by atoms with Crippen LogP contribution in [0.3, 0.4) is 0 Å². The number of methoxy groups -OCH3 is 3. The summed E-state index contributed by atoms with van der Waals surface area (Å²) in [4.78, 5) is 18.6. The number of nitrogens with zero attached hydrogens (tertiary/aromatic N) is 1. The van der Waals surface area contributed by atoms with Gasteiger partial charge in [-0.05, 0) is 17.7 Å². The first-order valence-electron chi connectivity index (χ1n) is 6.66. The molecule has 8 heteroatoms. The molecular formula is C15H15N3O5. The molecule has 0 aliphatic heterocycles. The lowest BCUT2D eigenvalue weighted by Crippen LogP contribution is -2.10. The van der Waals surface area contributed by atoms with Crippen LogP contribution in [0.2, 0.25) is 0 Å². The van der Waals surface area contributed by atoms with Crippen molar-refractivity contribution in [3.05, 3.63) is 28.7 Å². The molecular weight excluding hydrogens is 302 g/mol. The lowest BCUT2D eigenvalue weighted by Gasteiger charge is -2.13. The number of rotatable bonds is 4. The summed E-state index contributed by atoms with van der Waals surface area (Å²) in [6.45, 7) is 0. The highest BCUT2D eigenvalue weighted by atomic mass is 16.5. The minimum atomic E-state index is -0.384. The van der Waals surface area contributed by atoms with Crippen molar-refractivity contribution in [3.8, 4) is 28.4 Å². The Morgan fingerprint density at radius 3 is 2.35 bits per heavy atom. The molecule has 0 atom stereocenters. The minimum absolute atomic E-state index is 0.00621. The molecule has 1 aromatic carbocycles. The highest BCUT2D eigenvalue weighted by Gasteiger charge is 2.19. The largest absolute Gasteiger partial charge is 0.493 e. The molecule has 3 aromatic rings. The Hall–Kier alpha value is -3.16. The summed E-state index contributed by atoms with van der Waals surface area (Å²) < 4.78 is 21.3. The summed E-state index contributed by atoms with van der Waals surface area (Å²) in [6, 6.07) is 3.45. The molecule has 0 amide bonds. The summed E-state index contributed by atoms with van der Waals surface area (Å²) in [5.74, 6) is 1.39. The van der Waals surface area contributed by atoms with Gasteiger partial charge < -0.3 is 24.4 Å². The number of fused-ring (bicyclic) bond motifs is 1. The van der Waals surface area contributed by atoms with Gasteiger partial charge in [0.1, 0.15) is 11.6 Å². The number of H-pyrrole nitrogens is 1. The van der Waals surface area contributed by atoms with Crippen molar-refractivity contribution in [1.29, 1.82) is 0 Å². The minimum Gasteiger partial charge on any atom is -0.493 e. The number of nitrogens with two attached hydrogens (primary N) is 1. The van der Waals surface area contributed by atoms with E-state index in [9.17, 15) is 4.79 Å². The van der Waals surface area contributed by atoms with Gasteiger partial charge in [0.05, 0.1) is 21.3 Å². The second-order valence-corrected chi connectivity index (χ2v) is 4.69. The molecule has 0 saturated carbocycles. The Morgan fingerprint density at radius 1 is 1.13 bits per heavy atom. The van der Waals surface area contributed by atoms with E-state index in [0.29, 0.717) is 33.8 Å². The number of hydrogen-bond acceptors (Lipinski definition) is 7. The number of aromatic nitrogens is 2. The highest BCUT2D eigenvalue weighted by Crippen LogP contribution is 2.42. The van der Waals surface area contributed by atoms with Gasteiger partial charge >= 0.3 is 0 Å². The summed E-state index contributed by atoms with van der Waals surface area (Å²) in [5, 5.41) is 0.300. The van der Waals surface area contributed by atoms with Gasteiger partial charge in [0.25, 0.3) is 5.56 Å². The van der Waals surface area contributed by atoms with Crippen molar-refractivity contribution in [2.45, 2.75) is 0 Å². The Labute approximate surface area is 130 Å². The highest BCUT2D eigenvalue weighted by molar-refractivity contribution is 5.92. The third kappa shape index (κ3) is 2.33. The van der Waals surface area contributed by atoms with Crippen molar-refractivity contribution in [2.75, 3.05) is 27.1 Å². The van der Waals surface area contributed by atoms with Crippen molar-refractivity contribution < 1.29 is 18.6 Å². The fourth-order valence-electron chi connectivity index (χ4n) is 2.41. The molecule has 0 spiro atoms. The maximum absolute atomic E-state index is 12.2. The van der Waals surface area contributed by atoms with Gasteiger partial charge in [-0.15, -0.1) is 0 Å². The Kier molecular flexibility index (Phi) is 3.57. The lowest BCUT2D eigenvalue weighted by atomic mass is 10.1. The average molecular weight is 317 g/mol. The molecule has 2 aromatic heterocycles. The van der Waals surface area contributed by atoms with Gasteiger partial charge in [0.15, 0.2) is 11.5 Å². The second-order valence-electron chi connectivity index (χ2n) is 4.69. The Morgan fingerprint density at radius 2 is 1.78 bits per heavy atom. The number of benzene rings is 1. The molecule has 120 valence electrons. The fraction of sp³-hybridized carbons (Fsp3) is 0.200. The molecule has 0 unspecified atom stereocenters. The first-order valence-corrected chi connectivity index (χ1v) is 6.66. The molecule has 0 radical (unpaired) electrons. The quantitative estimate of drug-likeness (QED) is 0.754. The molecule has 0 aliphatic carbocycles. The van der Waals surface area contributed by atoms with Crippen LogP contribution in [0, 0.1) is 0 Å². The van der Waals surface area contributed by atoms with Gasteiger partial charge in [-0.2, -0.15) is 4.98 Å². The molecule has 2 heterocycles. The number of furan rings is 1. The monoisotopic (exact) mass is 317 g/mol. The van der Waals surface area contributed by atoms with E-state index in [1.165, 1.54) is 27.6 Å². The molecule has 0 aliphatic rings. The second kappa shape index (κ2) is 5.56. The summed E-state index contributed by atoms with van der Waals surface area (Å²) in [6.07, 6.45) is 1.44. The maximum atomic E-state index is 12.2.